The number of unbranched alkanes of at least 4 members (excludes halogenated alkanes) is 1. The Morgan fingerprint density at radius 3 is 2.65 bits per heavy atom. The number of fused-ring (bicyclic) bond motifs is 1. The number of hydrogen-bond donors (Lipinski definition) is 2. The van der Waals surface area contributed by atoms with Crippen LogP contribution in [-0.2, 0) is 11.3 Å². The Morgan fingerprint density at radius 2 is 2.00 bits per heavy atom. The fourth-order valence-corrected chi connectivity index (χ4v) is 3.07. The SMILES string of the molecule is CCCCn1c(C(=O)NCC(C)C)cc2cc(NC(=O)C3CC3)ccc21. The molecule has 3 rings (SSSR count). The van der Waals surface area contributed by atoms with Crippen LogP contribution < -0.4 is 10.6 Å². The molecule has 1 aromatic heterocycles. The van der Waals surface area contributed by atoms with E-state index in [0.29, 0.717) is 18.2 Å². The van der Waals surface area contributed by atoms with Crippen molar-refractivity contribution in [2.45, 2.75) is 53.0 Å². The number of amides is 2. The van der Waals surface area contributed by atoms with Crippen LogP contribution >= 0.6 is 0 Å². The molecule has 2 amide bonds. The van der Waals surface area contributed by atoms with Crippen LogP contribution in [0.15, 0.2) is 24.3 Å². The Hall–Kier alpha value is -2.30. The van der Waals surface area contributed by atoms with E-state index in [-0.39, 0.29) is 17.7 Å². The summed E-state index contributed by atoms with van der Waals surface area (Å²) in [5.74, 6) is 0.660. The number of nitrogens with one attached hydrogen (secondary N) is 2. The van der Waals surface area contributed by atoms with Gasteiger partial charge in [0.1, 0.15) is 5.69 Å². The average Bonchev–Trinajstić information content (AvgIpc) is 3.40. The summed E-state index contributed by atoms with van der Waals surface area (Å²) in [6.45, 7) is 7.80. The molecule has 0 aliphatic heterocycles. The van der Waals surface area contributed by atoms with Crippen molar-refractivity contribution >= 4 is 28.4 Å². The van der Waals surface area contributed by atoms with E-state index in [9.17, 15) is 9.59 Å². The van der Waals surface area contributed by atoms with Gasteiger partial charge in [0, 0.05) is 35.6 Å². The normalized spacial score (nSPS) is 14.0. The summed E-state index contributed by atoms with van der Waals surface area (Å²) in [6.07, 6.45) is 4.07. The molecular weight excluding hydrogens is 326 g/mol. The molecule has 140 valence electrons. The number of aromatic nitrogens is 1. The number of rotatable bonds is 8. The van der Waals surface area contributed by atoms with Crippen molar-refractivity contribution in [1.82, 2.24) is 9.88 Å². The van der Waals surface area contributed by atoms with Gasteiger partial charge in [-0.05, 0) is 49.4 Å². The monoisotopic (exact) mass is 355 g/mol. The van der Waals surface area contributed by atoms with E-state index in [1.165, 1.54) is 0 Å². The number of hydrogen-bond acceptors (Lipinski definition) is 2. The van der Waals surface area contributed by atoms with Crippen LogP contribution in [0.2, 0.25) is 0 Å². The quantitative estimate of drug-likeness (QED) is 0.746. The lowest BCUT2D eigenvalue weighted by molar-refractivity contribution is -0.117. The summed E-state index contributed by atoms with van der Waals surface area (Å²) in [7, 11) is 0. The molecule has 26 heavy (non-hydrogen) atoms. The van der Waals surface area contributed by atoms with E-state index in [4.69, 9.17) is 0 Å². The summed E-state index contributed by atoms with van der Waals surface area (Å²) in [6, 6.07) is 7.85. The molecule has 1 heterocycles. The van der Waals surface area contributed by atoms with Crippen LogP contribution in [0, 0.1) is 11.8 Å². The molecule has 1 aliphatic carbocycles. The van der Waals surface area contributed by atoms with Crippen molar-refractivity contribution in [2.24, 2.45) is 11.8 Å². The van der Waals surface area contributed by atoms with Gasteiger partial charge >= 0.3 is 0 Å². The Kier molecular flexibility index (Phi) is 5.64. The maximum Gasteiger partial charge on any atom is 0.267 e. The summed E-state index contributed by atoms with van der Waals surface area (Å²) < 4.78 is 2.10. The maximum absolute atomic E-state index is 12.7. The van der Waals surface area contributed by atoms with Crippen molar-refractivity contribution in [3.05, 3.63) is 30.0 Å². The first kappa shape index (κ1) is 18.5. The third-order valence-corrected chi connectivity index (χ3v) is 4.76. The van der Waals surface area contributed by atoms with Gasteiger partial charge in [-0.2, -0.15) is 0 Å². The first-order chi connectivity index (χ1) is 12.5. The minimum absolute atomic E-state index is 0.0328. The molecule has 0 unspecified atom stereocenters. The van der Waals surface area contributed by atoms with Gasteiger partial charge in [0.2, 0.25) is 5.91 Å². The third kappa shape index (κ3) is 4.26. The van der Waals surface area contributed by atoms with Crippen LogP contribution in [0.25, 0.3) is 10.9 Å². The van der Waals surface area contributed by atoms with E-state index in [0.717, 1.165) is 48.8 Å². The van der Waals surface area contributed by atoms with Crippen molar-refractivity contribution in [3.8, 4) is 0 Å². The van der Waals surface area contributed by atoms with Gasteiger partial charge in [0.15, 0.2) is 0 Å². The van der Waals surface area contributed by atoms with E-state index in [1.54, 1.807) is 0 Å². The Morgan fingerprint density at radius 1 is 1.23 bits per heavy atom. The lowest BCUT2D eigenvalue weighted by Gasteiger charge is -2.12. The number of anilines is 1. The smallest absolute Gasteiger partial charge is 0.267 e. The van der Waals surface area contributed by atoms with Crippen molar-refractivity contribution in [2.75, 3.05) is 11.9 Å². The maximum atomic E-state index is 12.7. The largest absolute Gasteiger partial charge is 0.351 e. The Bertz CT molecular complexity index is 803. The van der Waals surface area contributed by atoms with Gasteiger partial charge in [0.05, 0.1) is 0 Å². The number of aryl methyl sites for hydroxylation is 1. The van der Waals surface area contributed by atoms with Gasteiger partial charge < -0.3 is 15.2 Å². The van der Waals surface area contributed by atoms with Gasteiger partial charge in [-0.3, -0.25) is 9.59 Å². The summed E-state index contributed by atoms with van der Waals surface area (Å²) in [5, 5.41) is 7.00. The highest BCUT2D eigenvalue weighted by Crippen LogP contribution is 2.31. The number of carbonyl (C=O) groups excluding carboxylic acids is 2. The zero-order valence-corrected chi connectivity index (χ0v) is 16.0. The highest BCUT2D eigenvalue weighted by Gasteiger charge is 2.29. The molecule has 0 radical (unpaired) electrons. The lowest BCUT2D eigenvalue weighted by Crippen LogP contribution is -2.29. The average molecular weight is 355 g/mol. The second-order valence-corrected chi connectivity index (χ2v) is 7.68. The molecule has 5 nitrogen and oxygen atoms in total. The minimum atomic E-state index is -0.0328. The molecular formula is C21H29N3O2. The molecule has 1 saturated carbocycles. The van der Waals surface area contributed by atoms with Crippen LogP contribution in [0.4, 0.5) is 5.69 Å². The number of benzene rings is 1. The molecule has 1 fully saturated rings. The lowest BCUT2D eigenvalue weighted by atomic mass is 10.2. The van der Waals surface area contributed by atoms with Crippen LogP contribution in [0.1, 0.15) is 56.9 Å². The van der Waals surface area contributed by atoms with Crippen LogP contribution in [0.5, 0.6) is 0 Å². The van der Waals surface area contributed by atoms with Crippen molar-refractivity contribution in [3.63, 3.8) is 0 Å². The standard InChI is InChI=1S/C21H29N3O2/c1-4-5-10-24-18-9-8-17(23-20(25)15-6-7-15)11-16(18)12-19(24)21(26)22-13-14(2)3/h8-9,11-12,14-15H,4-7,10,13H2,1-3H3,(H,22,26)(H,23,25). The highest BCUT2D eigenvalue weighted by molar-refractivity contribution is 6.01. The van der Waals surface area contributed by atoms with E-state index in [1.807, 2.05) is 24.3 Å². The highest BCUT2D eigenvalue weighted by atomic mass is 16.2. The molecule has 0 bridgehead atoms. The van der Waals surface area contributed by atoms with Gasteiger partial charge in [0.25, 0.3) is 5.91 Å². The first-order valence-electron chi connectivity index (χ1n) is 9.72. The van der Waals surface area contributed by atoms with Gasteiger partial charge in [-0.15, -0.1) is 0 Å². The molecule has 1 aliphatic rings. The molecule has 2 N–H and O–H groups in total. The second kappa shape index (κ2) is 7.94. The molecule has 0 spiro atoms. The van der Waals surface area contributed by atoms with Crippen LogP contribution in [0.3, 0.4) is 0 Å². The zero-order chi connectivity index (χ0) is 18.7. The predicted octanol–water partition coefficient (Wildman–Crippen LogP) is 4.18. The molecule has 5 heteroatoms. The van der Waals surface area contributed by atoms with Gasteiger partial charge in [-0.25, -0.2) is 0 Å². The number of nitrogens with zero attached hydrogens (tertiary/aromatic N) is 1. The zero-order valence-electron chi connectivity index (χ0n) is 16.0. The number of carbonyl (C=O) groups is 2. The third-order valence-electron chi connectivity index (χ3n) is 4.76. The van der Waals surface area contributed by atoms with E-state index < -0.39 is 0 Å². The van der Waals surface area contributed by atoms with Crippen molar-refractivity contribution in [1.29, 1.82) is 0 Å². The first-order valence-corrected chi connectivity index (χ1v) is 9.72. The summed E-state index contributed by atoms with van der Waals surface area (Å²) in [4.78, 5) is 24.7. The van der Waals surface area contributed by atoms with Gasteiger partial charge in [-0.1, -0.05) is 27.2 Å². The summed E-state index contributed by atoms with van der Waals surface area (Å²) in [5.41, 5.74) is 2.54. The molecule has 0 saturated heterocycles. The topological polar surface area (TPSA) is 63.1 Å². The Balaban J connectivity index is 1.88. The van der Waals surface area contributed by atoms with Crippen molar-refractivity contribution < 1.29 is 9.59 Å². The summed E-state index contributed by atoms with van der Waals surface area (Å²) >= 11 is 0. The Labute approximate surface area is 155 Å². The van der Waals surface area contributed by atoms with E-state index in [2.05, 4.69) is 36.0 Å². The molecule has 0 atom stereocenters. The minimum Gasteiger partial charge on any atom is -0.351 e. The fourth-order valence-electron chi connectivity index (χ4n) is 3.07. The van der Waals surface area contributed by atoms with Crippen LogP contribution in [-0.4, -0.2) is 22.9 Å². The fraction of sp³-hybridized carbons (Fsp3) is 0.524. The van der Waals surface area contributed by atoms with E-state index >= 15 is 0 Å². The second-order valence-electron chi connectivity index (χ2n) is 7.68. The molecule has 2 aromatic rings. The molecule has 1 aromatic carbocycles. The predicted molar refractivity (Wildman–Crippen MR) is 105 cm³/mol.